The van der Waals surface area contributed by atoms with Gasteiger partial charge in [-0.05, 0) is 35.0 Å². The largest absolute Gasteiger partial charge is 0.376 e. The number of nitrogens with one attached hydrogen (secondary N) is 2. The molecule has 0 fully saturated rings. The van der Waals surface area contributed by atoms with E-state index in [9.17, 15) is 4.79 Å². The minimum atomic E-state index is -0.255. The predicted molar refractivity (Wildman–Crippen MR) is 105 cm³/mol. The lowest BCUT2D eigenvalue weighted by Crippen LogP contribution is -2.25. The highest BCUT2D eigenvalue weighted by atomic mass is 35.5. The first-order valence-electron chi connectivity index (χ1n) is 7.61. The summed E-state index contributed by atoms with van der Waals surface area (Å²) in [5.41, 5.74) is 4.01. The zero-order valence-electron chi connectivity index (χ0n) is 13.2. The first-order chi connectivity index (χ1) is 12.1. The Bertz CT molecular complexity index is 941. The number of halogens is 2. The van der Waals surface area contributed by atoms with Crippen molar-refractivity contribution in [2.24, 2.45) is 5.10 Å². The summed E-state index contributed by atoms with van der Waals surface area (Å²) >= 11 is 11.9. The van der Waals surface area contributed by atoms with Crippen LogP contribution in [0.2, 0.25) is 10.0 Å². The predicted octanol–water partition coefficient (Wildman–Crippen LogP) is 4.71. The average molecular weight is 372 g/mol. The third-order valence-corrected chi connectivity index (χ3v) is 4.12. The van der Waals surface area contributed by atoms with Gasteiger partial charge in [-0.15, -0.1) is 0 Å². The second-order valence-electron chi connectivity index (χ2n) is 5.37. The molecule has 6 heteroatoms. The number of anilines is 1. The molecule has 0 unspecified atom stereocenters. The van der Waals surface area contributed by atoms with Crippen LogP contribution in [0.1, 0.15) is 5.56 Å². The summed E-state index contributed by atoms with van der Waals surface area (Å²) in [7, 11) is 0. The molecule has 0 saturated heterocycles. The van der Waals surface area contributed by atoms with E-state index in [1.807, 2.05) is 42.5 Å². The molecule has 0 saturated carbocycles. The fourth-order valence-corrected chi connectivity index (χ4v) is 2.76. The molecule has 3 aromatic carbocycles. The molecule has 4 nitrogen and oxygen atoms in total. The van der Waals surface area contributed by atoms with E-state index >= 15 is 0 Å². The number of nitrogens with zero attached hydrogens (tertiary/aromatic N) is 1. The van der Waals surface area contributed by atoms with Crippen molar-refractivity contribution in [2.45, 2.75) is 0 Å². The Hall–Kier alpha value is -2.56. The van der Waals surface area contributed by atoms with Crippen LogP contribution < -0.4 is 10.7 Å². The summed E-state index contributed by atoms with van der Waals surface area (Å²) in [6.45, 7) is 0.115. The molecule has 1 amide bonds. The highest BCUT2D eigenvalue weighted by Crippen LogP contribution is 2.19. The Kier molecular flexibility index (Phi) is 5.53. The molecule has 0 aliphatic heterocycles. The van der Waals surface area contributed by atoms with E-state index < -0.39 is 0 Å². The van der Waals surface area contributed by atoms with E-state index in [0.717, 1.165) is 16.5 Å². The highest BCUT2D eigenvalue weighted by molar-refractivity contribution is 6.36. The Balaban J connectivity index is 1.54. The fourth-order valence-electron chi connectivity index (χ4n) is 2.30. The lowest BCUT2D eigenvalue weighted by molar-refractivity contribution is -0.119. The van der Waals surface area contributed by atoms with E-state index in [2.05, 4.69) is 15.8 Å². The zero-order chi connectivity index (χ0) is 17.6. The van der Waals surface area contributed by atoms with Crippen LogP contribution in [0.4, 0.5) is 5.69 Å². The Morgan fingerprint density at radius 2 is 1.80 bits per heavy atom. The van der Waals surface area contributed by atoms with Crippen molar-refractivity contribution in [3.8, 4) is 0 Å². The van der Waals surface area contributed by atoms with Crippen molar-refractivity contribution in [3.05, 3.63) is 76.3 Å². The standard InChI is InChI=1S/C19H15Cl2N3O/c20-16-7-5-15(18(21)10-16)11-23-24-19(25)12-22-17-8-6-13-3-1-2-4-14(13)9-17/h1-11,22H,12H2,(H,24,25). The third kappa shape index (κ3) is 4.72. The van der Waals surface area contributed by atoms with Gasteiger partial charge in [-0.3, -0.25) is 4.79 Å². The van der Waals surface area contributed by atoms with E-state index in [1.165, 1.54) is 6.21 Å². The first-order valence-corrected chi connectivity index (χ1v) is 8.37. The van der Waals surface area contributed by atoms with E-state index in [1.54, 1.807) is 18.2 Å². The molecule has 0 spiro atoms. The second kappa shape index (κ2) is 8.01. The molecule has 0 aliphatic carbocycles. The highest BCUT2D eigenvalue weighted by Gasteiger charge is 2.02. The molecule has 0 radical (unpaired) electrons. The number of hydrazone groups is 1. The molecular formula is C19H15Cl2N3O. The minimum Gasteiger partial charge on any atom is -0.376 e. The molecule has 0 heterocycles. The summed E-state index contributed by atoms with van der Waals surface area (Å²) in [6.07, 6.45) is 1.48. The molecule has 126 valence electrons. The number of rotatable bonds is 5. The van der Waals surface area contributed by atoms with Gasteiger partial charge in [0.25, 0.3) is 5.91 Å². The normalized spacial score (nSPS) is 11.0. The molecule has 0 bridgehead atoms. The lowest BCUT2D eigenvalue weighted by Gasteiger charge is -2.06. The van der Waals surface area contributed by atoms with Gasteiger partial charge in [-0.1, -0.05) is 59.6 Å². The van der Waals surface area contributed by atoms with Crippen LogP contribution in [0, 0.1) is 0 Å². The van der Waals surface area contributed by atoms with Gasteiger partial charge in [0.05, 0.1) is 17.8 Å². The van der Waals surface area contributed by atoms with Gasteiger partial charge in [0, 0.05) is 16.3 Å². The van der Waals surface area contributed by atoms with Crippen molar-refractivity contribution < 1.29 is 4.79 Å². The van der Waals surface area contributed by atoms with Crippen molar-refractivity contribution in [2.75, 3.05) is 11.9 Å². The first kappa shape index (κ1) is 17.3. The summed E-state index contributed by atoms with van der Waals surface area (Å²) in [5.74, 6) is -0.255. The quantitative estimate of drug-likeness (QED) is 0.504. The number of hydrogen-bond donors (Lipinski definition) is 2. The molecule has 3 aromatic rings. The van der Waals surface area contributed by atoms with Crippen LogP contribution in [0.25, 0.3) is 10.8 Å². The van der Waals surface area contributed by atoms with Crippen molar-refractivity contribution >= 4 is 51.8 Å². The van der Waals surface area contributed by atoms with Gasteiger partial charge in [0.2, 0.25) is 0 Å². The topological polar surface area (TPSA) is 53.5 Å². The lowest BCUT2D eigenvalue weighted by atomic mass is 10.1. The third-order valence-electron chi connectivity index (χ3n) is 3.56. The zero-order valence-corrected chi connectivity index (χ0v) is 14.7. The summed E-state index contributed by atoms with van der Waals surface area (Å²) < 4.78 is 0. The second-order valence-corrected chi connectivity index (χ2v) is 6.22. The summed E-state index contributed by atoms with van der Waals surface area (Å²) in [6, 6.07) is 19.0. The molecule has 0 atom stereocenters. The van der Waals surface area contributed by atoms with Crippen molar-refractivity contribution in [3.63, 3.8) is 0 Å². The average Bonchev–Trinajstić information content (AvgIpc) is 2.61. The molecule has 0 aliphatic rings. The van der Waals surface area contributed by atoms with Crippen LogP contribution in [0.3, 0.4) is 0 Å². The SMILES string of the molecule is O=C(CNc1ccc2ccccc2c1)NN=Cc1ccc(Cl)cc1Cl. The number of carbonyl (C=O) groups is 1. The van der Waals surface area contributed by atoms with Gasteiger partial charge in [-0.2, -0.15) is 5.10 Å². The van der Waals surface area contributed by atoms with Crippen LogP contribution in [-0.2, 0) is 4.79 Å². The van der Waals surface area contributed by atoms with E-state index in [4.69, 9.17) is 23.2 Å². The Morgan fingerprint density at radius 3 is 2.60 bits per heavy atom. The molecule has 25 heavy (non-hydrogen) atoms. The Labute approximate surface area is 155 Å². The smallest absolute Gasteiger partial charge is 0.259 e. The Morgan fingerprint density at radius 1 is 1.00 bits per heavy atom. The van der Waals surface area contributed by atoms with Gasteiger partial charge in [-0.25, -0.2) is 5.43 Å². The number of benzene rings is 3. The summed E-state index contributed by atoms with van der Waals surface area (Å²) in [4.78, 5) is 11.9. The van der Waals surface area contributed by atoms with Gasteiger partial charge >= 0.3 is 0 Å². The van der Waals surface area contributed by atoms with E-state index in [0.29, 0.717) is 15.6 Å². The maximum Gasteiger partial charge on any atom is 0.259 e. The monoisotopic (exact) mass is 371 g/mol. The number of hydrogen-bond acceptors (Lipinski definition) is 3. The molecular weight excluding hydrogens is 357 g/mol. The molecule has 2 N–H and O–H groups in total. The van der Waals surface area contributed by atoms with Crippen LogP contribution >= 0.6 is 23.2 Å². The molecule has 3 rings (SSSR count). The summed E-state index contributed by atoms with van der Waals surface area (Å²) in [5, 5.41) is 10.3. The van der Waals surface area contributed by atoms with Gasteiger partial charge in [0.1, 0.15) is 0 Å². The van der Waals surface area contributed by atoms with Crippen molar-refractivity contribution in [1.29, 1.82) is 0 Å². The maximum atomic E-state index is 11.9. The minimum absolute atomic E-state index is 0.115. The van der Waals surface area contributed by atoms with Crippen LogP contribution in [0.5, 0.6) is 0 Å². The number of fused-ring (bicyclic) bond motifs is 1. The van der Waals surface area contributed by atoms with Crippen molar-refractivity contribution in [1.82, 2.24) is 5.43 Å². The number of carbonyl (C=O) groups excluding carboxylic acids is 1. The fraction of sp³-hybridized carbons (Fsp3) is 0.0526. The molecule has 0 aromatic heterocycles. The van der Waals surface area contributed by atoms with Crippen LogP contribution in [-0.4, -0.2) is 18.7 Å². The van der Waals surface area contributed by atoms with Crippen LogP contribution in [0.15, 0.2) is 65.8 Å². The van der Waals surface area contributed by atoms with Gasteiger partial charge < -0.3 is 5.32 Å². The number of amides is 1. The van der Waals surface area contributed by atoms with Gasteiger partial charge in [0.15, 0.2) is 0 Å². The van der Waals surface area contributed by atoms with E-state index in [-0.39, 0.29) is 12.5 Å². The maximum absolute atomic E-state index is 11.9.